The highest BCUT2D eigenvalue weighted by atomic mass is 35.5. The van der Waals surface area contributed by atoms with Gasteiger partial charge in [0.05, 0.1) is 23.1 Å². The Labute approximate surface area is 109 Å². The van der Waals surface area contributed by atoms with Gasteiger partial charge in [0.1, 0.15) is 5.82 Å². The minimum atomic E-state index is -0.0632. The molecule has 0 fully saturated rings. The zero-order valence-corrected chi connectivity index (χ0v) is 10.6. The number of hydrogen-bond donors (Lipinski definition) is 1. The Balaban J connectivity index is 2.05. The molecule has 88 valence electrons. The van der Waals surface area contributed by atoms with Gasteiger partial charge in [-0.1, -0.05) is 23.7 Å². The second-order valence-electron chi connectivity index (χ2n) is 3.34. The molecule has 0 amide bonds. The molecule has 3 nitrogen and oxygen atoms in total. The Kier molecular flexibility index (Phi) is 4.36. The van der Waals surface area contributed by atoms with Crippen molar-refractivity contribution in [3.8, 4) is 0 Å². The molecule has 1 aromatic heterocycles. The number of aliphatic hydroxyl groups is 1. The van der Waals surface area contributed by atoms with Gasteiger partial charge in [-0.3, -0.25) is 0 Å². The molecular weight excluding hydrogens is 256 g/mol. The molecule has 1 N–H and O–H groups in total. The van der Waals surface area contributed by atoms with Crippen molar-refractivity contribution in [2.24, 2.45) is 0 Å². The fraction of sp³-hybridized carbons (Fsp3) is 0.167. The first-order valence-corrected chi connectivity index (χ1v) is 6.45. The fourth-order valence-corrected chi connectivity index (χ4v) is 2.41. The lowest BCUT2D eigenvalue weighted by molar-refractivity contribution is 0.276. The lowest BCUT2D eigenvalue weighted by Gasteiger charge is -2.03. The maximum Gasteiger partial charge on any atom is 0.138 e. The van der Waals surface area contributed by atoms with Crippen LogP contribution in [-0.2, 0) is 12.4 Å². The van der Waals surface area contributed by atoms with Crippen LogP contribution >= 0.6 is 23.4 Å². The van der Waals surface area contributed by atoms with E-state index in [0.29, 0.717) is 17.3 Å². The molecule has 5 heteroatoms. The Morgan fingerprint density at radius 3 is 2.82 bits per heavy atom. The van der Waals surface area contributed by atoms with Gasteiger partial charge in [0, 0.05) is 11.1 Å². The zero-order chi connectivity index (χ0) is 12.1. The van der Waals surface area contributed by atoms with E-state index in [1.807, 2.05) is 24.3 Å². The molecule has 0 spiro atoms. The second-order valence-corrected chi connectivity index (χ2v) is 4.77. The van der Waals surface area contributed by atoms with Crippen LogP contribution in [0, 0.1) is 0 Å². The summed E-state index contributed by atoms with van der Waals surface area (Å²) >= 11 is 7.63. The van der Waals surface area contributed by atoms with Crippen molar-refractivity contribution < 1.29 is 5.11 Å². The van der Waals surface area contributed by atoms with E-state index in [1.165, 1.54) is 0 Å². The molecule has 1 heterocycles. The summed E-state index contributed by atoms with van der Waals surface area (Å²) in [5.74, 6) is 1.33. The second kappa shape index (κ2) is 6.00. The first kappa shape index (κ1) is 12.4. The molecule has 0 aliphatic rings. The van der Waals surface area contributed by atoms with Gasteiger partial charge in [-0.15, -0.1) is 11.8 Å². The van der Waals surface area contributed by atoms with E-state index in [4.69, 9.17) is 16.7 Å². The van der Waals surface area contributed by atoms with E-state index in [9.17, 15) is 0 Å². The summed E-state index contributed by atoms with van der Waals surface area (Å²) in [6.07, 6.45) is 1.65. The minimum Gasteiger partial charge on any atom is -0.390 e. The third kappa shape index (κ3) is 3.43. The third-order valence-corrected chi connectivity index (χ3v) is 3.63. The summed E-state index contributed by atoms with van der Waals surface area (Å²) in [5.41, 5.74) is 0.634. The smallest absolute Gasteiger partial charge is 0.138 e. The van der Waals surface area contributed by atoms with Crippen LogP contribution in [0.1, 0.15) is 11.5 Å². The molecule has 0 atom stereocenters. The van der Waals surface area contributed by atoms with E-state index >= 15 is 0 Å². The Bertz CT molecular complexity index is 507. The number of rotatable bonds is 4. The van der Waals surface area contributed by atoms with Gasteiger partial charge < -0.3 is 5.11 Å². The van der Waals surface area contributed by atoms with E-state index in [1.54, 1.807) is 24.0 Å². The van der Waals surface area contributed by atoms with Crippen LogP contribution in [0.2, 0.25) is 5.02 Å². The molecule has 0 unspecified atom stereocenters. The quantitative estimate of drug-likeness (QED) is 0.865. The monoisotopic (exact) mass is 266 g/mol. The highest BCUT2D eigenvalue weighted by Crippen LogP contribution is 2.28. The van der Waals surface area contributed by atoms with E-state index in [-0.39, 0.29) is 6.61 Å². The number of hydrogen-bond acceptors (Lipinski definition) is 4. The van der Waals surface area contributed by atoms with Crippen molar-refractivity contribution in [3.63, 3.8) is 0 Å². The van der Waals surface area contributed by atoms with Crippen LogP contribution in [-0.4, -0.2) is 15.1 Å². The zero-order valence-electron chi connectivity index (χ0n) is 9.01. The van der Waals surface area contributed by atoms with Crippen LogP contribution in [0.5, 0.6) is 0 Å². The molecule has 0 radical (unpaired) electrons. The average molecular weight is 267 g/mol. The van der Waals surface area contributed by atoms with Gasteiger partial charge in [0.2, 0.25) is 0 Å². The Morgan fingerprint density at radius 2 is 2.06 bits per heavy atom. The lowest BCUT2D eigenvalue weighted by atomic mass is 10.4. The number of thioether (sulfide) groups is 1. The number of nitrogens with zero attached hydrogens (tertiary/aromatic N) is 2. The van der Waals surface area contributed by atoms with Crippen molar-refractivity contribution in [2.45, 2.75) is 17.3 Å². The van der Waals surface area contributed by atoms with Crippen molar-refractivity contribution >= 4 is 23.4 Å². The first-order valence-electron chi connectivity index (χ1n) is 5.08. The molecule has 0 saturated carbocycles. The van der Waals surface area contributed by atoms with E-state index < -0.39 is 0 Å². The summed E-state index contributed by atoms with van der Waals surface area (Å²) in [6.45, 7) is -0.0632. The van der Waals surface area contributed by atoms with Gasteiger partial charge in [-0.2, -0.15) is 0 Å². The maximum absolute atomic E-state index is 8.97. The Hall–Kier alpha value is -1.10. The topological polar surface area (TPSA) is 46.0 Å². The van der Waals surface area contributed by atoms with Crippen molar-refractivity contribution in [1.29, 1.82) is 0 Å². The normalized spacial score (nSPS) is 10.5. The highest BCUT2D eigenvalue weighted by Gasteiger charge is 2.03. The summed E-state index contributed by atoms with van der Waals surface area (Å²) in [7, 11) is 0. The van der Waals surface area contributed by atoms with Crippen molar-refractivity contribution in [1.82, 2.24) is 9.97 Å². The maximum atomic E-state index is 8.97. The molecule has 2 rings (SSSR count). The number of halogens is 1. The number of benzene rings is 1. The number of aromatic nitrogens is 2. The first-order chi connectivity index (χ1) is 8.29. The fourth-order valence-electron chi connectivity index (χ4n) is 1.30. The van der Waals surface area contributed by atoms with Gasteiger partial charge in [-0.05, 0) is 18.2 Å². The van der Waals surface area contributed by atoms with Gasteiger partial charge >= 0.3 is 0 Å². The largest absolute Gasteiger partial charge is 0.390 e. The van der Waals surface area contributed by atoms with Crippen LogP contribution in [0.4, 0.5) is 0 Å². The summed E-state index contributed by atoms with van der Waals surface area (Å²) < 4.78 is 0. The van der Waals surface area contributed by atoms with Crippen molar-refractivity contribution in [3.05, 3.63) is 53.1 Å². The van der Waals surface area contributed by atoms with Gasteiger partial charge in [0.15, 0.2) is 0 Å². The molecule has 0 aliphatic carbocycles. The molecule has 0 aliphatic heterocycles. The molecule has 2 aromatic rings. The third-order valence-electron chi connectivity index (χ3n) is 2.12. The summed E-state index contributed by atoms with van der Waals surface area (Å²) in [6, 6.07) is 9.36. The lowest BCUT2D eigenvalue weighted by Crippen LogP contribution is -1.97. The van der Waals surface area contributed by atoms with Crippen LogP contribution in [0.15, 0.2) is 41.4 Å². The molecule has 17 heavy (non-hydrogen) atoms. The molecular formula is C12H11ClN2OS. The van der Waals surface area contributed by atoms with Crippen LogP contribution in [0.3, 0.4) is 0 Å². The van der Waals surface area contributed by atoms with Gasteiger partial charge in [-0.25, -0.2) is 9.97 Å². The molecule has 1 aromatic carbocycles. The Morgan fingerprint density at radius 1 is 1.24 bits per heavy atom. The van der Waals surface area contributed by atoms with E-state index in [2.05, 4.69) is 9.97 Å². The highest BCUT2D eigenvalue weighted by molar-refractivity contribution is 7.98. The summed E-state index contributed by atoms with van der Waals surface area (Å²) in [4.78, 5) is 9.36. The van der Waals surface area contributed by atoms with Crippen molar-refractivity contribution in [2.75, 3.05) is 0 Å². The average Bonchev–Trinajstić information content (AvgIpc) is 2.38. The molecule has 0 saturated heterocycles. The minimum absolute atomic E-state index is 0.0632. The van der Waals surface area contributed by atoms with Crippen LogP contribution in [0.25, 0.3) is 0 Å². The predicted molar refractivity (Wildman–Crippen MR) is 69.0 cm³/mol. The SMILES string of the molecule is OCc1ccnc(CSc2ccccc2Cl)n1. The standard InChI is InChI=1S/C12H11ClN2OS/c13-10-3-1-2-4-11(10)17-8-12-14-6-5-9(7-16)15-12/h1-6,16H,7-8H2. The van der Waals surface area contributed by atoms with Gasteiger partial charge in [0.25, 0.3) is 0 Å². The number of aliphatic hydroxyl groups excluding tert-OH is 1. The predicted octanol–water partition coefficient (Wildman–Crippen LogP) is 2.91. The van der Waals surface area contributed by atoms with E-state index in [0.717, 1.165) is 9.92 Å². The summed E-state index contributed by atoms with van der Waals surface area (Å²) in [5, 5.41) is 9.71. The van der Waals surface area contributed by atoms with Crippen LogP contribution < -0.4 is 0 Å². The molecule has 0 bridgehead atoms.